The molecular weight excluding hydrogens is 240 g/mol. The lowest BCUT2D eigenvalue weighted by molar-refractivity contribution is -0.343. The van der Waals surface area contributed by atoms with Crippen LogP contribution < -0.4 is 0 Å². The van der Waals surface area contributed by atoms with E-state index in [1.807, 2.05) is 0 Å². The molecule has 6 heteroatoms. The quantitative estimate of drug-likeness (QED) is 0.427. The summed E-state index contributed by atoms with van der Waals surface area (Å²) < 4.78 is 9.52. The highest BCUT2D eigenvalue weighted by atomic mass is 16.8. The maximum atomic E-state index is 11.4. The molecule has 0 aliphatic rings. The third kappa shape index (κ3) is 3.97. The monoisotopic (exact) mass is 258 g/mol. The molecule has 0 saturated carbocycles. The molecule has 0 spiro atoms. The van der Waals surface area contributed by atoms with E-state index in [0.717, 1.165) is 13.8 Å². The van der Waals surface area contributed by atoms with Crippen molar-refractivity contribution in [2.24, 2.45) is 0 Å². The second kappa shape index (κ2) is 5.32. The van der Waals surface area contributed by atoms with Gasteiger partial charge in [0, 0.05) is 18.1 Å². The van der Waals surface area contributed by atoms with E-state index in [0.29, 0.717) is 0 Å². The Kier molecular flexibility index (Phi) is 4.83. The molecule has 6 nitrogen and oxygen atoms in total. The molecule has 0 atom stereocenters. The molecule has 0 radical (unpaired) electrons. The first-order valence-electron chi connectivity index (χ1n) is 5.13. The Hall–Kier alpha value is -1.66. The summed E-state index contributed by atoms with van der Waals surface area (Å²) in [6, 6.07) is 0. The molecule has 0 aromatic carbocycles. The van der Waals surface area contributed by atoms with Crippen LogP contribution in [0.3, 0.4) is 0 Å². The Morgan fingerprint density at radius 3 is 1.39 bits per heavy atom. The van der Waals surface area contributed by atoms with Gasteiger partial charge in [0.1, 0.15) is 0 Å². The molecule has 0 rings (SSSR count). The second-order valence-electron chi connectivity index (χ2n) is 4.31. The zero-order chi connectivity index (χ0) is 14.7. The third-order valence-corrected chi connectivity index (χ3v) is 2.13. The summed E-state index contributed by atoms with van der Waals surface area (Å²) in [7, 11) is 0. The fourth-order valence-electron chi connectivity index (χ4n) is 0.742. The van der Waals surface area contributed by atoms with Gasteiger partial charge in [-0.3, -0.25) is 0 Å². The van der Waals surface area contributed by atoms with E-state index in [4.69, 9.17) is 9.47 Å². The minimum atomic E-state index is -2.58. The minimum Gasteiger partial charge on any atom is -0.414 e. The molecule has 0 saturated heterocycles. The van der Waals surface area contributed by atoms with Gasteiger partial charge in [-0.2, -0.15) is 0 Å². The first-order valence-corrected chi connectivity index (χ1v) is 5.13. The van der Waals surface area contributed by atoms with Crippen LogP contribution in [0.1, 0.15) is 27.7 Å². The summed E-state index contributed by atoms with van der Waals surface area (Å²) in [6.45, 7) is 11.4. The van der Waals surface area contributed by atoms with Crippen LogP contribution in [-0.4, -0.2) is 33.7 Å². The number of esters is 2. The highest BCUT2D eigenvalue weighted by Gasteiger charge is 2.50. The van der Waals surface area contributed by atoms with Gasteiger partial charge in [-0.25, -0.2) is 9.59 Å². The van der Waals surface area contributed by atoms with Crippen LogP contribution in [0, 0.1) is 0 Å². The Bertz CT molecular complexity index is 360. The molecule has 0 fully saturated rings. The summed E-state index contributed by atoms with van der Waals surface area (Å²) in [6.07, 6.45) is 0. The van der Waals surface area contributed by atoms with Crippen molar-refractivity contribution in [1.29, 1.82) is 0 Å². The Balaban J connectivity index is 5.21. The molecule has 102 valence electrons. The van der Waals surface area contributed by atoms with Gasteiger partial charge in [0.2, 0.25) is 5.79 Å². The maximum Gasteiger partial charge on any atom is 0.336 e. The summed E-state index contributed by atoms with van der Waals surface area (Å²) in [5, 5.41) is 19.1. The average Bonchev–Trinajstić information content (AvgIpc) is 2.14. The fraction of sp³-hybridized carbons (Fsp3) is 0.500. The first kappa shape index (κ1) is 16.3. The molecule has 0 heterocycles. The number of rotatable bonds is 5. The molecule has 0 aromatic rings. The predicted octanol–water partition coefficient (Wildman–Crippen LogP) is 0.642. The summed E-state index contributed by atoms with van der Waals surface area (Å²) in [4.78, 5) is 22.8. The Morgan fingerprint density at radius 2 is 1.22 bits per heavy atom. The van der Waals surface area contributed by atoms with Gasteiger partial charge < -0.3 is 19.7 Å². The van der Waals surface area contributed by atoms with Gasteiger partial charge in [0.05, 0.1) is 0 Å². The molecule has 0 aromatic heterocycles. The molecule has 0 aliphatic carbocycles. The van der Waals surface area contributed by atoms with Crippen LogP contribution in [0.15, 0.2) is 24.3 Å². The second-order valence-corrected chi connectivity index (χ2v) is 4.31. The predicted molar refractivity (Wildman–Crippen MR) is 63.1 cm³/mol. The molecule has 18 heavy (non-hydrogen) atoms. The summed E-state index contributed by atoms with van der Waals surface area (Å²) in [5.41, 5.74) is 0.0497. The Morgan fingerprint density at radius 1 is 0.944 bits per heavy atom. The lowest BCUT2D eigenvalue weighted by Gasteiger charge is -2.36. The fourth-order valence-corrected chi connectivity index (χ4v) is 0.742. The highest BCUT2D eigenvalue weighted by Crippen LogP contribution is 2.27. The number of carbonyl (C=O) groups excluding carboxylic acids is 2. The molecule has 0 bridgehead atoms. The zero-order valence-corrected chi connectivity index (χ0v) is 10.9. The van der Waals surface area contributed by atoms with Gasteiger partial charge in [-0.05, 0) is 20.8 Å². The first-order chi connectivity index (χ1) is 7.90. The van der Waals surface area contributed by atoms with E-state index >= 15 is 0 Å². The van der Waals surface area contributed by atoms with E-state index in [1.165, 1.54) is 13.8 Å². The van der Waals surface area contributed by atoms with Gasteiger partial charge in [-0.1, -0.05) is 13.2 Å². The largest absolute Gasteiger partial charge is 0.414 e. The van der Waals surface area contributed by atoms with Gasteiger partial charge in [-0.15, -0.1) is 0 Å². The van der Waals surface area contributed by atoms with E-state index in [-0.39, 0.29) is 11.1 Å². The summed E-state index contributed by atoms with van der Waals surface area (Å²) in [5.74, 6) is -6.68. The van der Waals surface area contributed by atoms with Crippen LogP contribution in [-0.2, 0) is 19.1 Å². The molecule has 0 aliphatic heterocycles. The minimum absolute atomic E-state index is 0.0249. The van der Waals surface area contributed by atoms with Crippen molar-refractivity contribution in [1.82, 2.24) is 0 Å². The van der Waals surface area contributed by atoms with E-state index < -0.39 is 23.5 Å². The van der Waals surface area contributed by atoms with Gasteiger partial charge >= 0.3 is 17.7 Å². The van der Waals surface area contributed by atoms with Gasteiger partial charge in [0.15, 0.2) is 0 Å². The van der Waals surface area contributed by atoms with Crippen molar-refractivity contribution in [3.8, 4) is 0 Å². The topological polar surface area (TPSA) is 93.1 Å². The maximum absolute atomic E-state index is 11.4. The smallest absolute Gasteiger partial charge is 0.336 e. The number of aliphatic hydroxyl groups is 2. The molecule has 0 unspecified atom stereocenters. The van der Waals surface area contributed by atoms with Crippen LogP contribution in [0.2, 0.25) is 0 Å². The van der Waals surface area contributed by atoms with Crippen molar-refractivity contribution in [3.63, 3.8) is 0 Å². The van der Waals surface area contributed by atoms with Crippen molar-refractivity contribution >= 4 is 11.9 Å². The average molecular weight is 258 g/mol. The Labute approximate surface area is 106 Å². The lowest BCUT2D eigenvalue weighted by Crippen LogP contribution is -2.56. The van der Waals surface area contributed by atoms with Crippen molar-refractivity contribution in [2.75, 3.05) is 0 Å². The highest BCUT2D eigenvalue weighted by molar-refractivity contribution is 5.89. The van der Waals surface area contributed by atoms with E-state index in [9.17, 15) is 19.8 Å². The van der Waals surface area contributed by atoms with Gasteiger partial charge in [0.25, 0.3) is 0 Å². The van der Waals surface area contributed by atoms with Crippen molar-refractivity contribution < 1.29 is 29.3 Å². The number of ether oxygens (including phenoxy) is 2. The number of hydrogen-bond acceptors (Lipinski definition) is 6. The van der Waals surface area contributed by atoms with E-state index in [1.54, 1.807) is 0 Å². The zero-order valence-electron chi connectivity index (χ0n) is 10.9. The summed E-state index contributed by atoms with van der Waals surface area (Å²) >= 11 is 0. The third-order valence-electron chi connectivity index (χ3n) is 2.13. The normalized spacial score (nSPS) is 11.7. The van der Waals surface area contributed by atoms with Crippen molar-refractivity contribution in [2.45, 2.75) is 39.3 Å². The van der Waals surface area contributed by atoms with Crippen LogP contribution >= 0.6 is 0 Å². The lowest BCUT2D eigenvalue weighted by atomic mass is 10.1. The molecular formula is C12H18O6. The molecule has 0 amide bonds. The standard InChI is InChI=1S/C12H18O6/c1-7(2)9(13)17-12(6,11(5,15)16)18-10(14)8(3)4/h15-16H,1,3H2,2,4-6H3. The SMILES string of the molecule is C=C(C)C(=O)OC(C)(OC(=O)C(=C)C)C(C)(O)O. The van der Waals surface area contributed by atoms with Crippen molar-refractivity contribution in [3.05, 3.63) is 24.3 Å². The number of hydrogen-bond donors (Lipinski definition) is 2. The van der Waals surface area contributed by atoms with Crippen LogP contribution in [0.4, 0.5) is 0 Å². The van der Waals surface area contributed by atoms with Crippen LogP contribution in [0.25, 0.3) is 0 Å². The van der Waals surface area contributed by atoms with Crippen LogP contribution in [0.5, 0.6) is 0 Å². The van der Waals surface area contributed by atoms with E-state index in [2.05, 4.69) is 13.2 Å². The number of carbonyl (C=O) groups is 2. The molecule has 2 N–H and O–H groups in total.